The normalized spacial score (nSPS) is 30.7. The minimum atomic E-state index is -0.533. The van der Waals surface area contributed by atoms with Gasteiger partial charge in [-0.05, 0) is 30.3 Å². The van der Waals surface area contributed by atoms with E-state index in [1.54, 1.807) is 0 Å². The number of aliphatic hydroxyl groups is 1. The van der Waals surface area contributed by atoms with Gasteiger partial charge in [-0.3, -0.25) is 4.79 Å². The SMILES string of the molecule is NC(=O)c1c(N)nsc1N1CC2CCC(O)C2C1. The summed E-state index contributed by atoms with van der Waals surface area (Å²) >= 11 is 1.21. The molecule has 1 saturated carbocycles. The Balaban J connectivity index is 1.87. The fourth-order valence-electron chi connectivity index (χ4n) is 3.14. The van der Waals surface area contributed by atoms with Crippen LogP contribution in [0.4, 0.5) is 10.8 Å². The second-order valence-corrected chi connectivity index (χ2v) is 5.84. The topological polar surface area (TPSA) is 105 Å². The van der Waals surface area contributed by atoms with Crippen molar-refractivity contribution in [3.05, 3.63) is 5.56 Å². The van der Waals surface area contributed by atoms with Gasteiger partial charge in [0, 0.05) is 19.0 Å². The van der Waals surface area contributed by atoms with Gasteiger partial charge in [0.05, 0.1) is 6.10 Å². The van der Waals surface area contributed by atoms with E-state index in [2.05, 4.69) is 9.27 Å². The lowest BCUT2D eigenvalue weighted by Gasteiger charge is -2.19. The smallest absolute Gasteiger partial charge is 0.255 e. The van der Waals surface area contributed by atoms with E-state index in [4.69, 9.17) is 11.5 Å². The molecular weight excluding hydrogens is 252 g/mol. The molecule has 2 heterocycles. The van der Waals surface area contributed by atoms with Crippen molar-refractivity contribution in [1.29, 1.82) is 0 Å². The second kappa shape index (κ2) is 4.10. The van der Waals surface area contributed by atoms with Gasteiger partial charge >= 0.3 is 0 Å². The molecule has 0 bridgehead atoms. The van der Waals surface area contributed by atoms with Crippen molar-refractivity contribution in [3.63, 3.8) is 0 Å². The lowest BCUT2D eigenvalue weighted by Crippen LogP contribution is -2.26. The third-order valence-electron chi connectivity index (χ3n) is 4.05. The van der Waals surface area contributed by atoms with Crippen molar-refractivity contribution < 1.29 is 9.90 Å². The summed E-state index contributed by atoms with van der Waals surface area (Å²) < 4.78 is 4.01. The number of hydrogen-bond acceptors (Lipinski definition) is 6. The zero-order chi connectivity index (χ0) is 12.9. The van der Waals surface area contributed by atoms with Gasteiger partial charge in [-0.1, -0.05) is 0 Å². The average Bonchev–Trinajstić information content (AvgIpc) is 2.94. The molecule has 3 rings (SSSR count). The number of nitrogens with two attached hydrogens (primary N) is 2. The second-order valence-electron chi connectivity index (χ2n) is 5.09. The molecule has 3 atom stereocenters. The molecule has 0 radical (unpaired) electrons. The molecule has 7 heteroatoms. The first kappa shape index (κ1) is 11.7. The number of nitrogen functional groups attached to an aromatic ring is 1. The summed E-state index contributed by atoms with van der Waals surface area (Å²) in [7, 11) is 0. The van der Waals surface area contributed by atoms with Gasteiger partial charge < -0.3 is 21.5 Å². The van der Waals surface area contributed by atoms with Crippen molar-refractivity contribution >= 4 is 28.3 Å². The predicted octanol–water partition coefficient (Wildman–Crippen LogP) is 0.0313. The van der Waals surface area contributed by atoms with Crippen LogP contribution in [0.25, 0.3) is 0 Å². The number of carbonyl (C=O) groups excluding carboxylic acids is 1. The highest BCUT2D eigenvalue weighted by atomic mass is 32.1. The van der Waals surface area contributed by atoms with Crippen LogP contribution in [0.3, 0.4) is 0 Å². The number of hydrogen-bond donors (Lipinski definition) is 3. The van der Waals surface area contributed by atoms with Gasteiger partial charge in [-0.2, -0.15) is 4.37 Å². The molecule has 6 nitrogen and oxygen atoms in total. The zero-order valence-electron chi connectivity index (χ0n) is 9.87. The Labute approximate surface area is 109 Å². The molecule has 3 unspecified atom stereocenters. The predicted molar refractivity (Wildman–Crippen MR) is 69.5 cm³/mol. The Hall–Kier alpha value is -1.34. The number of fused-ring (bicyclic) bond motifs is 1. The van der Waals surface area contributed by atoms with E-state index in [1.165, 1.54) is 11.5 Å². The largest absolute Gasteiger partial charge is 0.393 e. The van der Waals surface area contributed by atoms with Crippen LogP contribution in [0.2, 0.25) is 0 Å². The Morgan fingerprint density at radius 1 is 1.44 bits per heavy atom. The number of primary amides is 1. The fraction of sp³-hybridized carbons (Fsp3) is 0.636. The van der Waals surface area contributed by atoms with Crippen molar-refractivity contribution in [1.82, 2.24) is 4.37 Å². The lowest BCUT2D eigenvalue weighted by molar-refractivity contribution is 0.100. The van der Waals surface area contributed by atoms with Crippen LogP contribution >= 0.6 is 11.5 Å². The van der Waals surface area contributed by atoms with E-state index in [0.717, 1.165) is 30.9 Å². The first-order valence-corrected chi connectivity index (χ1v) is 6.83. The van der Waals surface area contributed by atoms with E-state index in [0.29, 0.717) is 17.4 Å². The monoisotopic (exact) mass is 268 g/mol. The molecular formula is C11H16N4O2S. The maximum Gasteiger partial charge on any atom is 0.255 e. The molecule has 2 aliphatic rings. The maximum atomic E-state index is 11.4. The van der Waals surface area contributed by atoms with Crippen molar-refractivity contribution in [3.8, 4) is 0 Å². The quantitative estimate of drug-likeness (QED) is 0.702. The number of nitrogens with zero attached hydrogens (tertiary/aromatic N) is 2. The van der Waals surface area contributed by atoms with E-state index in [1.807, 2.05) is 0 Å². The molecule has 1 saturated heterocycles. The van der Waals surface area contributed by atoms with E-state index in [-0.39, 0.29) is 11.9 Å². The number of rotatable bonds is 2. The zero-order valence-corrected chi connectivity index (χ0v) is 10.7. The van der Waals surface area contributed by atoms with Gasteiger partial charge in [0.25, 0.3) is 5.91 Å². The van der Waals surface area contributed by atoms with E-state index < -0.39 is 5.91 Å². The Bertz CT molecular complexity index is 489. The third kappa shape index (κ3) is 1.65. The summed E-state index contributed by atoms with van der Waals surface area (Å²) in [6.45, 7) is 1.61. The van der Waals surface area contributed by atoms with Crippen molar-refractivity contribution in [2.24, 2.45) is 17.6 Å². The van der Waals surface area contributed by atoms with Gasteiger partial charge in [0.15, 0.2) is 5.82 Å². The van der Waals surface area contributed by atoms with Crippen LogP contribution in [0, 0.1) is 11.8 Å². The summed E-state index contributed by atoms with van der Waals surface area (Å²) in [6, 6.07) is 0. The highest BCUT2D eigenvalue weighted by molar-refractivity contribution is 7.11. The van der Waals surface area contributed by atoms with Crippen LogP contribution in [-0.4, -0.2) is 34.6 Å². The number of amides is 1. The molecule has 1 amide bonds. The molecule has 1 aliphatic heterocycles. The molecule has 5 N–H and O–H groups in total. The first-order chi connectivity index (χ1) is 8.58. The molecule has 1 aliphatic carbocycles. The number of aliphatic hydroxyl groups excluding tert-OH is 1. The molecule has 18 heavy (non-hydrogen) atoms. The molecule has 0 aromatic carbocycles. The van der Waals surface area contributed by atoms with Crippen LogP contribution in [-0.2, 0) is 0 Å². The summed E-state index contributed by atoms with van der Waals surface area (Å²) in [6.07, 6.45) is 1.71. The third-order valence-corrected chi connectivity index (χ3v) is 4.98. The van der Waals surface area contributed by atoms with Crippen LogP contribution < -0.4 is 16.4 Å². The van der Waals surface area contributed by atoms with Gasteiger partial charge in [0.2, 0.25) is 0 Å². The summed E-state index contributed by atoms with van der Waals surface area (Å²) in [5, 5.41) is 10.6. The van der Waals surface area contributed by atoms with Gasteiger partial charge in [-0.25, -0.2) is 0 Å². The Morgan fingerprint density at radius 3 is 2.89 bits per heavy atom. The number of carbonyl (C=O) groups is 1. The van der Waals surface area contributed by atoms with E-state index >= 15 is 0 Å². The highest BCUT2D eigenvalue weighted by Crippen LogP contribution is 2.42. The minimum Gasteiger partial charge on any atom is -0.393 e. The summed E-state index contributed by atoms with van der Waals surface area (Å²) in [5.41, 5.74) is 11.3. The molecule has 1 aromatic rings. The van der Waals surface area contributed by atoms with Gasteiger partial charge in [0.1, 0.15) is 10.6 Å². The Kier molecular flexibility index (Phi) is 2.67. The minimum absolute atomic E-state index is 0.208. The maximum absolute atomic E-state index is 11.4. The standard InChI is InChI=1S/C11H16N4O2S/c12-9-8(10(13)17)11(18-14-9)15-3-5-1-2-7(16)6(5)4-15/h5-7,16H,1-4H2,(H2,12,14)(H2,13,17). The highest BCUT2D eigenvalue weighted by Gasteiger charge is 2.43. The van der Waals surface area contributed by atoms with Crippen molar-refractivity contribution in [2.45, 2.75) is 18.9 Å². The van der Waals surface area contributed by atoms with Crippen LogP contribution in [0.15, 0.2) is 0 Å². The average molecular weight is 268 g/mol. The molecule has 98 valence electrons. The van der Waals surface area contributed by atoms with Crippen LogP contribution in [0.1, 0.15) is 23.2 Å². The number of anilines is 2. The van der Waals surface area contributed by atoms with Gasteiger partial charge in [-0.15, -0.1) is 0 Å². The fourth-order valence-corrected chi connectivity index (χ4v) is 3.98. The summed E-state index contributed by atoms with van der Waals surface area (Å²) in [4.78, 5) is 13.5. The molecule has 2 fully saturated rings. The van der Waals surface area contributed by atoms with Crippen molar-refractivity contribution in [2.75, 3.05) is 23.7 Å². The Morgan fingerprint density at radius 2 is 2.22 bits per heavy atom. The molecule has 0 spiro atoms. The summed E-state index contributed by atoms with van der Waals surface area (Å²) in [5.74, 6) is 0.479. The number of aromatic nitrogens is 1. The molecule has 1 aromatic heterocycles. The van der Waals surface area contributed by atoms with Crippen LogP contribution in [0.5, 0.6) is 0 Å². The van der Waals surface area contributed by atoms with E-state index in [9.17, 15) is 9.90 Å². The lowest BCUT2D eigenvalue weighted by atomic mass is 10.00. The first-order valence-electron chi connectivity index (χ1n) is 6.06.